The number of nitrogens with one attached hydrogen (secondary N) is 1. The molecule has 0 aromatic heterocycles. The number of para-hydroxylation sites is 1. The first-order valence-corrected chi connectivity index (χ1v) is 6.89. The zero-order valence-corrected chi connectivity index (χ0v) is 10.9. The summed E-state index contributed by atoms with van der Waals surface area (Å²) in [5.41, 5.74) is 1.23. The standard InChI is InChI=1S/C15H24N2/c1-14-8-4-3-7-12-17(14)13-11-16-15-9-5-2-6-10-15/h2,5-6,9-10,14,16H,3-4,7-8,11-13H2,1H3. The maximum atomic E-state index is 3.49. The van der Waals surface area contributed by atoms with Gasteiger partial charge in [0.15, 0.2) is 0 Å². The second-order valence-corrected chi connectivity index (χ2v) is 5.03. The summed E-state index contributed by atoms with van der Waals surface area (Å²) in [7, 11) is 0. The minimum atomic E-state index is 0.759. The molecule has 1 fully saturated rings. The fraction of sp³-hybridized carbons (Fsp3) is 0.600. The molecule has 2 nitrogen and oxygen atoms in total. The molecule has 0 radical (unpaired) electrons. The molecule has 1 aliphatic heterocycles. The first-order chi connectivity index (χ1) is 8.36. The molecule has 1 atom stereocenters. The van der Waals surface area contributed by atoms with Crippen molar-refractivity contribution in [2.75, 3.05) is 25.0 Å². The molecule has 0 bridgehead atoms. The number of benzene rings is 1. The smallest absolute Gasteiger partial charge is 0.0340 e. The number of nitrogens with zero attached hydrogens (tertiary/aromatic N) is 1. The van der Waals surface area contributed by atoms with Crippen molar-refractivity contribution >= 4 is 5.69 Å². The zero-order chi connectivity index (χ0) is 11.9. The average molecular weight is 232 g/mol. The third-order valence-electron chi connectivity index (χ3n) is 3.69. The van der Waals surface area contributed by atoms with Gasteiger partial charge >= 0.3 is 0 Å². The molecule has 2 heteroatoms. The predicted molar refractivity (Wildman–Crippen MR) is 74.4 cm³/mol. The van der Waals surface area contributed by atoms with Gasteiger partial charge in [-0.15, -0.1) is 0 Å². The molecule has 94 valence electrons. The number of hydrogen-bond acceptors (Lipinski definition) is 2. The lowest BCUT2D eigenvalue weighted by molar-refractivity contribution is 0.222. The first kappa shape index (κ1) is 12.4. The Kier molecular flexibility index (Phi) is 4.87. The fourth-order valence-corrected chi connectivity index (χ4v) is 2.57. The van der Waals surface area contributed by atoms with Gasteiger partial charge < -0.3 is 5.32 Å². The Morgan fingerprint density at radius 3 is 2.82 bits per heavy atom. The van der Waals surface area contributed by atoms with Crippen molar-refractivity contribution < 1.29 is 0 Å². The summed E-state index contributed by atoms with van der Waals surface area (Å²) < 4.78 is 0. The molecule has 0 spiro atoms. The SMILES string of the molecule is CC1CCCCCN1CCNc1ccccc1. The van der Waals surface area contributed by atoms with Gasteiger partial charge in [-0.05, 0) is 38.4 Å². The summed E-state index contributed by atoms with van der Waals surface area (Å²) in [6.45, 7) is 5.86. The second kappa shape index (κ2) is 6.65. The average Bonchev–Trinajstić information content (AvgIpc) is 2.56. The van der Waals surface area contributed by atoms with E-state index in [1.54, 1.807) is 0 Å². The first-order valence-electron chi connectivity index (χ1n) is 6.89. The molecular weight excluding hydrogens is 208 g/mol. The van der Waals surface area contributed by atoms with Crippen LogP contribution in [-0.4, -0.2) is 30.6 Å². The summed E-state index contributed by atoms with van der Waals surface area (Å²) >= 11 is 0. The van der Waals surface area contributed by atoms with Crippen LogP contribution in [0.1, 0.15) is 32.6 Å². The van der Waals surface area contributed by atoms with E-state index in [1.165, 1.54) is 37.9 Å². The Bertz CT molecular complexity index is 310. The van der Waals surface area contributed by atoms with Crippen LogP contribution in [-0.2, 0) is 0 Å². The van der Waals surface area contributed by atoms with Gasteiger partial charge in [-0.3, -0.25) is 4.90 Å². The van der Waals surface area contributed by atoms with E-state index in [9.17, 15) is 0 Å². The van der Waals surface area contributed by atoms with Crippen molar-refractivity contribution in [3.05, 3.63) is 30.3 Å². The lowest BCUT2D eigenvalue weighted by Crippen LogP contribution is -2.36. The highest BCUT2D eigenvalue weighted by molar-refractivity contribution is 5.42. The van der Waals surface area contributed by atoms with Crippen LogP contribution in [0.4, 0.5) is 5.69 Å². The Hall–Kier alpha value is -1.02. The van der Waals surface area contributed by atoms with Crippen LogP contribution >= 0.6 is 0 Å². The molecule has 1 aromatic carbocycles. The molecule has 0 amide bonds. The summed E-state index contributed by atoms with van der Waals surface area (Å²) in [4.78, 5) is 2.63. The van der Waals surface area contributed by atoms with E-state index in [0.29, 0.717) is 0 Å². The van der Waals surface area contributed by atoms with Gasteiger partial charge in [0.1, 0.15) is 0 Å². The number of rotatable bonds is 4. The molecular formula is C15H24N2. The zero-order valence-electron chi connectivity index (χ0n) is 10.9. The minimum absolute atomic E-state index is 0.759. The summed E-state index contributed by atoms with van der Waals surface area (Å²) in [5.74, 6) is 0. The van der Waals surface area contributed by atoms with Crippen LogP contribution in [0, 0.1) is 0 Å². The number of hydrogen-bond donors (Lipinski definition) is 1. The normalized spacial score (nSPS) is 22.1. The van der Waals surface area contributed by atoms with E-state index < -0.39 is 0 Å². The van der Waals surface area contributed by atoms with E-state index >= 15 is 0 Å². The van der Waals surface area contributed by atoms with Gasteiger partial charge in [-0.1, -0.05) is 31.0 Å². The Morgan fingerprint density at radius 2 is 2.00 bits per heavy atom. The molecule has 0 saturated carbocycles. The van der Waals surface area contributed by atoms with Crippen LogP contribution in [0.25, 0.3) is 0 Å². The van der Waals surface area contributed by atoms with Crippen molar-refractivity contribution in [2.45, 2.75) is 38.6 Å². The monoisotopic (exact) mass is 232 g/mol. The molecule has 1 N–H and O–H groups in total. The maximum absolute atomic E-state index is 3.49. The van der Waals surface area contributed by atoms with Crippen LogP contribution in [0.5, 0.6) is 0 Å². The van der Waals surface area contributed by atoms with Crippen LogP contribution in [0.2, 0.25) is 0 Å². The van der Waals surface area contributed by atoms with Gasteiger partial charge in [0, 0.05) is 24.8 Å². The van der Waals surface area contributed by atoms with E-state index in [1.807, 2.05) is 0 Å². The Labute approximate surface area is 105 Å². The predicted octanol–water partition coefficient (Wildman–Crippen LogP) is 3.36. The van der Waals surface area contributed by atoms with E-state index in [4.69, 9.17) is 0 Å². The fourth-order valence-electron chi connectivity index (χ4n) is 2.57. The molecule has 17 heavy (non-hydrogen) atoms. The third-order valence-corrected chi connectivity index (χ3v) is 3.69. The lowest BCUT2D eigenvalue weighted by atomic mass is 10.1. The lowest BCUT2D eigenvalue weighted by Gasteiger charge is -2.27. The van der Waals surface area contributed by atoms with E-state index in [0.717, 1.165) is 19.1 Å². The van der Waals surface area contributed by atoms with Gasteiger partial charge in [-0.25, -0.2) is 0 Å². The maximum Gasteiger partial charge on any atom is 0.0340 e. The van der Waals surface area contributed by atoms with E-state index in [2.05, 4.69) is 47.5 Å². The van der Waals surface area contributed by atoms with Gasteiger partial charge in [0.25, 0.3) is 0 Å². The molecule has 2 rings (SSSR count). The number of anilines is 1. The quantitative estimate of drug-likeness (QED) is 0.856. The van der Waals surface area contributed by atoms with Gasteiger partial charge in [0.2, 0.25) is 0 Å². The van der Waals surface area contributed by atoms with Crippen molar-refractivity contribution in [1.29, 1.82) is 0 Å². The topological polar surface area (TPSA) is 15.3 Å². The molecule has 1 aliphatic rings. The minimum Gasteiger partial charge on any atom is -0.384 e. The molecule has 1 unspecified atom stereocenters. The van der Waals surface area contributed by atoms with Crippen LogP contribution < -0.4 is 5.32 Å². The van der Waals surface area contributed by atoms with Crippen molar-refractivity contribution in [1.82, 2.24) is 4.90 Å². The highest BCUT2D eigenvalue weighted by atomic mass is 15.2. The highest BCUT2D eigenvalue weighted by Crippen LogP contribution is 2.15. The molecule has 0 aliphatic carbocycles. The summed E-state index contributed by atoms with van der Waals surface area (Å²) in [6.07, 6.45) is 5.55. The third kappa shape index (κ3) is 4.04. The van der Waals surface area contributed by atoms with E-state index in [-0.39, 0.29) is 0 Å². The largest absolute Gasteiger partial charge is 0.384 e. The second-order valence-electron chi connectivity index (χ2n) is 5.03. The van der Waals surface area contributed by atoms with Crippen molar-refractivity contribution in [3.8, 4) is 0 Å². The highest BCUT2D eigenvalue weighted by Gasteiger charge is 2.15. The molecule has 1 saturated heterocycles. The molecule has 1 heterocycles. The van der Waals surface area contributed by atoms with Gasteiger partial charge in [-0.2, -0.15) is 0 Å². The summed E-state index contributed by atoms with van der Waals surface area (Å²) in [6, 6.07) is 11.2. The van der Waals surface area contributed by atoms with Crippen LogP contribution in [0.3, 0.4) is 0 Å². The Balaban J connectivity index is 1.73. The van der Waals surface area contributed by atoms with Crippen molar-refractivity contribution in [3.63, 3.8) is 0 Å². The van der Waals surface area contributed by atoms with Crippen molar-refractivity contribution in [2.24, 2.45) is 0 Å². The molecule has 1 aromatic rings. The Morgan fingerprint density at radius 1 is 1.18 bits per heavy atom. The van der Waals surface area contributed by atoms with Crippen LogP contribution in [0.15, 0.2) is 30.3 Å². The summed E-state index contributed by atoms with van der Waals surface area (Å²) in [5, 5.41) is 3.49. The van der Waals surface area contributed by atoms with Gasteiger partial charge in [0.05, 0.1) is 0 Å². The number of likely N-dealkylation sites (tertiary alicyclic amines) is 1.